The number of rotatable bonds is 3. The zero-order chi connectivity index (χ0) is 6.57. The van der Waals surface area contributed by atoms with Crippen molar-refractivity contribution < 1.29 is 9.66 Å². The van der Waals surface area contributed by atoms with Crippen LogP contribution in [0.15, 0.2) is 0 Å². The SMILES string of the molecule is CC(C)OC[N+](=O)[O-]. The van der Waals surface area contributed by atoms with E-state index in [1.807, 2.05) is 0 Å². The highest BCUT2D eigenvalue weighted by atomic mass is 16.7. The standard InChI is InChI=1S/C4H9NO3/c1-4(2)8-3-5(6)7/h4H,3H2,1-2H3. The van der Waals surface area contributed by atoms with Crippen molar-refractivity contribution >= 4 is 0 Å². The molecule has 0 fully saturated rings. The predicted molar refractivity (Wildman–Crippen MR) is 28.1 cm³/mol. The molecule has 0 atom stereocenters. The quantitative estimate of drug-likeness (QED) is 0.311. The molecule has 8 heavy (non-hydrogen) atoms. The van der Waals surface area contributed by atoms with Crippen LogP contribution >= 0.6 is 0 Å². The molecule has 0 aromatic carbocycles. The average molecular weight is 119 g/mol. The Labute approximate surface area is 47.6 Å². The Morgan fingerprint density at radius 1 is 1.75 bits per heavy atom. The van der Waals surface area contributed by atoms with Crippen LogP contribution in [-0.4, -0.2) is 17.8 Å². The second-order valence-corrected chi connectivity index (χ2v) is 1.68. The van der Waals surface area contributed by atoms with Crippen molar-refractivity contribution in [3.05, 3.63) is 10.1 Å². The van der Waals surface area contributed by atoms with Gasteiger partial charge in [0, 0.05) is 4.92 Å². The minimum Gasteiger partial charge on any atom is -0.317 e. The fraction of sp³-hybridized carbons (Fsp3) is 1.00. The molecule has 0 aromatic rings. The molecule has 0 bridgehead atoms. The van der Waals surface area contributed by atoms with Crippen LogP contribution in [0.25, 0.3) is 0 Å². The third-order valence-corrected chi connectivity index (χ3v) is 0.513. The number of nitro groups is 1. The maximum Gasteiger partial charge on any atom is 0.306 e. The van der Waals surface area contributed by atoms with Gasteiger partial charge in [0.15, 0.2) is 0 Å². The summed E-state index contributed by atoms with van der Waals surface area (Å²) in [4.78, 5) is 9.08. The highest BCUT2D eigenvalue weighted by Gasteiger charge is 1.97. The van der Waals surface area contributed by atoms with Crippen LogP contribution in [-0.2, 0) is 4.74 Å². The molecular weight excluding hydrogens is 110 g/mol. The highest BCUT2D eigenvalue weighted by molar-refractivity contribution is 4.29. The highest BCUT2D eigenvalue weighted by Crippen LogP contribution is 1.85. The second kappa shape index (κ2) is 3.37. The maximum absolute atomic E-state index is 9.58. The minimum atomic E-state index is -0.500. The van der Waals surface area contributed by atoms with Gasteiger partial charge in [-0.15, -0.1) is 0 Å². The third kappa shape index (κ3) is 5.36. The van der Waals surface area contributed by atoms with Gasteiger partial charge in [-0.3, -0.25) is 10.1 Å². The summed E-state index contributed by atoms with van der Waals surface area (Å²) in [6.07, 6.45) is -0.0552. The summed E-state index contributed by atoms with van der Waals surface area (Å²) in [6.45, 7) is 3.12. The lowest BCUT2D eigenvalue weighted by Gasteiger charge is -1.99. The van der Waals surface area contributed by atoms with Gasteiger partial charge in [-0.2, -0.15) is 0 Å². The van der Waals surface area contributed by atoms with Crippen LogP contribution < -0.4 is 0 Å². The van der Waals surface area contributed by atoms with Crippen molar-refractivity contribution in [3.8, 4) is 0 Å². The van der Waals surface area contributed by atoms with Crippen molar-refractivity contribution in [2.45, 2.75) is 20.0 Å². The second-order valence-electron chi connectivity index (χ2n) is 1.68. The van der Waals surface area contributed by atoms with Crippen LogP contribution in [0.1, 0.15) is 13.8 Å². The zero-order valence-corrected chi connectivity index (χ0v) is 4.96. The Morgan fingerprint density at radius 3 is 2.38 bits per heavy atom. The van der Waals surface area contributed by atoms with E-state index in [9.17, 15) is 10.1 Å². The molecule has 4 nitrogen and oxygen atoms in total. The van der Waals surface area contributed by atoms with E-state index in [1.54, 1.807) is 13.8 Å². The van der Waals surface area contributed by atoms with Gasteiger partial charge in [-0.1, -0.05) is 0 Å². The van der Waals surface area contributed by atoms with Crippen molar-refractivity contribution in [1.29, 1.82) is 0 Å². The molecule has 0 rings (SSSR count). The first-order valence-corrected chi connectivity index (χ1v) is 2.36. The first-order valence-electron chi connectivity index (χ1n) is 2.36. The fourth-order valence-electron chi connectivity index (χ4n) is 0.210. The topological polar surface area (TPSA) is 52.4 Å². The molecule has 0 unspecified atom stereocenters. The molecule has 0 aliphatic heterocycles. The third-order valence-electron chi connectivity index (χ3n) is 0.513. The van der Waals surface area contributed by atoms with E-state index in [1.165, 1.54) is 0 Å². The number of hydrogen-bond acceptors (Lipinski definition) is 3. The van der Waals surface area contributed by atoms with E-state index in [0.29, 0.717) is 0 Å². The van der Waals surface area contributed by atoms with Crippen molar-refractivity contribution in [3.63, 3.8) is 0 Å². The summed E-state index contributed by atoms with van der Waals surface area (Å²) >= 11 is 0. The lowest BCUT2D eigenvalue weighted by molar-refractivity contribution is -0.529. The zero-order valence-electron chi connectivity index (χ0n) is 4.96. The molecule has 0 spiro atoms. The van der Waals surface area contributed by atoms with Gasteiger partial charge in [0.05, 0.1) is 6.10 Å². The largest absolute Gasteiger partial charge is 0.317 e. The van der Waals surface area contributed by atoms with Gasteiger partial charge in [0.2, 0.25) is 0 Å². The monoisotopic (exact) mass is 119 g/mol. The van der Waals surface area contributed by atoms with Gasteiger partial charge in [0.25, 0.3) is 0 Å². The summed E-state index contributed by atoms with van der Waals surface area (Å²) in [5, 5.41) is 9.58. The Morgan fingerprint density at radius 2 is 2.25 bits per heavy atom. The summed E-state index contributed by atoms with van der Waals surface area (Å²) < 4.78 is 4.60. The number of ether oxygens (including phenoxy) is 1. The maximum atomic E-state index is 9.58. The van der Waals surface area contributed by atoms with Crippen molar-refractivity contribution in [2.24, 2.45) is 0 Å². The van der Waals surface area contributed by atoms with Crippen LogP contribution in [0.4, 0.5) is 0 Å². The van der Waals surface area contributed by atoms with Gasteiger partial charge < -0.3 is 4.74 Å². The van der Waals surface area contributed by atoms with E-state index in [4.69, 9.17) is 0 Å². The molecule has 0 aliphatic carbocycles. The predicted octanol–water partition coefficient (Wildman–Crippen LogP) is 0.646. The fourth-order valence-corrected chi connectivity index (χ4v) is 0.210. The normalized spacial score (nSPS) is 9.88. The molecular formula is C4H9NO3. The van der Waals surface area contributed by atoms with E-state index in [2.05, 4.69) is 4.74 Å². The van der Waals surface area contributed by atoms with E-state index in [-0.39, 0.29) is 6.10 Å². The Balaban J connectivity index is 3.05. The summed E-state index contributed by atoms with van der Waals surface area (Å²) in [7, 11) is 0. The van der Waals surface area contributed by atoms with Crippen LogP contribution in [0.2, 0.25) is 0 Å². The molecule has 0 radical (unpaired) electrons. The lowest BCUT2D eigenvalue weighted by Crippen LogP contribution is -2.10. The molecule has 0 saturated carbocycles. The van der Waals surface area contributed by atoms with Gasteiger partial charge >= 0.3 is 6.73 Å². The molecule has 0 amide bonds. The molecule has 0 aliphatic rings. The number of hydrogen-bond donors (Lipinski definition) is 0. The van der Waals surface area contributed by atoms with E-state index in [0.717, 1.165) is 0 Å². The molecule has 0 aromatic heterocycles. The van der Waals surface area contributed by atoms with Gasteiger partial charge in [-0.05, 0) is 13.8 Å². The number of nitrogens with zero attached hydrogens (tertiary/aromatic N) is 1. The first-order chi connectivity index (χ1) is 3.63. The molecule has 0 N–H and O–H groups in total. The molecule has 4 heteroatoms. The summed E-state index contributed by atoms with van der Waals surface area (Å²) in [5.41, 5.74) is 0. The van der Waals surface area contributed by atoms with Gasteiger partial charge in [0.1, 0.15) is 0 Å². The van der Waals surface area contributed by atoms with Crippen LogP contribution in [0.5, 0.6) is 0 Å². The Kier molecular flexibility index (Phi) is 3.10. The lowest BCUT2D eigenvalue weighted by atomic mass is 10.5. The average Bonchev–Trinajstić information content (AvgIpc) is 1.61. The van der Waals surface area contributed by atoms with Crippen molar-refractivity contribution in [1.82, 2.24) is 0 Å². The van der Waals surface area contributed by atoms with E-state index < -0.39 is 11.7 Å². The van der Waals surface area contributed by atoms with Gasteiger partial charge in [-0.25, -0.2) is 0 Å². The van der Waals surface area contributed by atoms with Crippen molar-refractivity contribution in [2.75, 3.05) is 6.73 Å². The van der Waals surface area contributed by atoms with Crippen LogP contribution in [0.3, 0.4) is 0 Å². The van der Waals surface area contributed by atoms with Crippen LogP contribution in [0, 0.1) is 10.1 Å². The smallest absolute Gasteiger partial charge is 0.306 e. The molecule has 0 heterocycles. The molecule has 0 saturated heterocycles. The minimum absolute atomic E-state index is 0.0552. The Bertz CT molecular complexity index is 81.4. The summed E-state index contributed by atoms with van der Waals surface area (Å²) in [5.74, 6) is 0. The van der Waals surface area contributed by atoms with E-state index >= 15 is 0 Å². The summed E-state index contributed by atoms with van der Waals surface area (Å²) in [6, 6.07) is 0. The Hall–Kier alpha value is -0.640. The first kappa shape index (κ1) is 7.36. The molecule has 48 valence electrons.